The number of hydrogen-bond acceptors (Lipinski definition) is 4. The second-order valence-electron chi connectivity index (χ2n) is 9.57. The van der Waals surface area contributed by atoms with Gasteiger partial charge in [0.25, 0.3) is 0 Å². The van der Waals surface area contributed by atoms with Gasteiger partial charge >= 0.3 is 6.09 Å². The van der Waals surface area contributed by atoms with Crippen LogP contribution in [0.5, 0.6) is 0 Å². The van der Waals surface area contributed by atoms with Gasteiger partial charge in [0.2, 0.25) is 0 Å². The summed E-state index contributed by atoms with van der Waals surface area (Å²) < 4.78 is 7.58. The summed E-state index contributed by atoms with van der Waals surface area (Å²) in [5.74, 6) is 1.68. The Hall–Kier alpha value is -2.86. The van der Waals surface area contributed by atoms with Gasteiger partial charge in [0, 0.05) is 24.1 Å². The van der Waals surface area contributed by atoms with Crippen molar-refractivity contribution < 1.29 is 9.53 Å². The Bertz CT molecular complexity index is 1130. The molecule has 3 atom stereocenters. The fourth-order valence-corrected chi connectivity index (χ4v) is 5.68. The highest BCUT2D eigenvalue weighted by atomic mass is 16.5. The van der Waals surface area contributed by atoms with Gasteiger partial charge in [0.1, 0.15) is 5.82 Å². The maximum atomic E-state index is 12.6. The third-order valence-electron chi connectivity index (χ3n) is 7.53. The van der Waals surface area contributed by atoms with Crippen molar-refractivity contribution in [1.29, 1.82) is 0 Å². The number of amides is 1. The Morgan fingerprint density at radius 2 is 2.03 bits per heavy atom. The first kappa shape index (κ1) is 22.0. The normalized spacial score (nSPS) is 21.6. The highest BCUT2D eigenvalue weighted by Crippen LogP contribution is 2.39. The van der Waals surface area contributed by atoms with Crippen LogP contribution in [0.2, 0.25) is 0 Å². The number of hydrogen-bond donors (Lipinski definition) is 1. The molecule has 1 saturated heterocycles. The maximum absolute atomic E-state index is 12.6. The van der Waals surface area contributed by atoms with Crippen LogP contribution >= 0.6 is 0 Å². The quantitative estimate of drug-likeness (QED) is 0.606. The number of aromatic nitrogens is 2. The van der Waals surface area contributed by atoms with Gasteiger partial charge in [-0.25, -0.2) is 9.78 Å². The van der Waals surface area contributed by atoms with Gasteiger partial charge in [0.15, 0.2) is 0 Å². The van der Waals surface area contributed by atoms with Crippen LogP contribution in [0.1, 0.15) is 56.1 Å². The van der Waals surface area contributed by atoms with E-state index in [1.54, 1.807) is 4.90 Å². The standard InChI is InChI=1S/C27H34N4O2/c1-18-11-12-22-23(30(18)27(32)33-3)13-14-24-26(22)29-25(16-20-8-5-4-6-9-20)31(24)19(2)21-10-7-15-28-17-21/h4-6,8-9,13-14,18-19,21,28H,7,10-12,15-17H2,1-3H3/t18-,19-,21?/m1/s1. The average molecular weight is 447 g/mol. The highest BCUT2D eigenvalue weighted by molar-refractivity contribution is 5.95. The smallest absolute Gasteiger partial charge is 0.414 e. The van der Waals surface area contributed by atoms with Gasteiger partial charge in [0.05, 0.1) is 23.8 Å². The summed E-state index contributed by atoms with van der Waals surface area (Å²) in [7, 11) is 1.45. The predicted molar refractivity (Wildman–Crippen MR) is 132 cm³/mol. The van der Waals surface area contributed by atoms with Crippen molar-refractivity contribution in [2.75, 3.05) is 25.1 Å². The Kier molecular flexibility index (Phi) is 6.11. The molecule has 33 heavy (non-hydrogen) atoms. The molecule has 1 fully saturated rings. The first-order chi connectivity index (χ1) is 16.1. The van der Waals surface area contributed by atoms with E-state index in [2.05, 4.69) is 66.2 Å². The number of nitrogens with zero attached hydrogens (tertiary/aromatic N) is 3. The minimum absolute atomic E-state index is 0.112. The number of methoxy groups -OCH3 is 1. The van der Waals surface area contributed by atoms with E-state index in [-0.39, 0.29) is 12.1 Å². The molecule has 3 aromatic rings. The Balaban J connectivity index is 1.65. The minimum Gasteiger partial charge on any atom is -0.452 e. The van der Waals surface area contributed by atoms with Gasteiger partial charge in [-0.1, -0.05) is 30.3 Å². The molecular weight excluding hydrogens is 412 g/mol. The largest absolute Gasteiger partial charge is 0.452 e. The summed E-state index contributed by atoms with van der Waals surface area (Å²) in [5.41, 5.74) is 5.59. The zero-order valence-electron chi connectivity index (χ0n) is 19.9. The molecule has 2 aromatic carbocycles. The third-order valence-corrected chi connectivity index (χ3v) is 7.53. The number of carbonyl (C=O) groups excluding carboxylic acids is 1. The number of imidazole rings is 1. The number of rotatable bonds is 4. The van der Waals surface area contributed by atoms with Gasteiger partial charge < -0.3 is 14.6 Å². The number of aryl methyl sites for hydroxylation is 1. The van der Waals surface area contributed by atoms with Crippen LogP contribution in [0.15, 0.2) is 42.5 Å². The summed E-state index contributed by atoms with van der Waals surface area (Å²) in [4.78, 5) is 19.6. The lowest BCUT2D eigenvalue weighted by atomic mass is 9.92. The number of benzene rings is 2. The number of fused-ring (bicyclic) bond motifs is 3. The van der Waals surface area contributed by atoms with Crippen LogP contribution in [0.25, 0.3) is 11.0 Å². The van der Waals surface area contributed by atoms with E-state index in [1.807, 2.05) is 0 Å². The topological polar surface area (TPSA) is 59.4 Å². The van der Waals surface area contributed by atoms with Crippen LogP contribution in [-0.4, -0.2) is 41.9 Å². The predicted octanol–water partition coefficient (Wildman–Crippen LogP) is 5.10. The fourth-order valence-electron chi connectivity index (χ4n) is 5.68. The molecule has 1 unspecified atom stereocenters. The van der Waals surface area contributed by atoms with Crippen molar-refractivity contribution in [3.8, 4) is 0 Å². The van der Waals surface area contributed by atoms with Gasteiger partial charge in [-0.3, -0.25) is 4.90 Å². The molecule has 1 N–H and O–H groups in total. The number of nitrogens with one attached hydrogen (secondary N) is 1. The van der Waals surface area contributed by atoms with Crippen LogP contribution in [0, 0.1) is 5.92 Å². The second kappa shape index (κ2) is 9.18. The summed E-state index contributed by atoms with van der Waals surface area (Å²) in [6, 6.07) is 15.3. The van der Waals surface area contributed by atoms with E-state index in [9.17, 15) is 4.79 Å². The molecule has 3 heterocycles. The molecule has 2 aliphatic rings. The van der Waals surface area contributed by atoms with E-state index in [4.69, 9.17) is 9.72 Å². The van der Waals surface area contributed by atoms with Crippen molar-refractivity contribution in [1.82, 2.24) is 14.9 Å². The zero-order chi connectivity index (χ0) is 22.9. The van der Waals surface area contributed by atoms with Gasteiger partial charge in [-0.05, 0) is 76.2 Å². The minimum atomic E-state index is -0.298. The van der Waals surface area contributed by atoms with Crippen molar-refractivity contribution in [3.05, 3.63) is 59.4 Å². The molecule has 1 amide bonds. The van der Waals surface area contributed by atoms with E-state index in [0.717, 1.165) is 54.9 Å². The molecule has 0 aliphatic carbocycles. The van der Waals surface area contributed by atoms with E-state index in [1.165, 1.54) is 31.0 Å². The van der Waals surface area contributed by atoms with Crippen molar-refractivity contribution in [2.45, 2.75) is 58.0 Å². The van der Waals surface area contributed by atoms with Crippen LogP contribution in [0.3, 0.4) is 0 Å². The highest BCUT2D eigenvalue weighted by Gasteiger charge is 2.32. The first-order valence-electron chi connectivity index (χ1n) is 12.2. The van der Waals surface area contributed by atoms with Crippen LogP contribution in [-0.2, 0) is 17.6 Å². The van der Waals surface area contributed by atoms with Crippen molar-refractivity contribution >= 4 is 22.8 Å². The monoisotopic (exact) mass is 446 g/mol. The molecule has 0 bridgehead atoms. The summed E-state index contributed by atoms with van der Waals surface area (Å²) in [6.45, 7) is 6.58. The van der Waals surface area contributed by atoms with Gasteiger partial charge in [-0.15, -0.1) is 0 Å². The molecule has 1 aromatic heterocycles. The summed E-state index contributed by atoms with van der Waals surface area (Å²) >= 11 is 0. The molecular formula is C27H34N4O2. The number of carbonyl (C=O) groups is 1. The average Bonchev–Trinajstić information content (AvgIpc) is 3.22. The molecule has 0 radical (unpaired) electrons. The first-order valence-corrected chi connectivity index (χ1v) is 12.2. The Morgan fingerprint density at radius 3 is 2.76 bits per heavy atom. The van der Waals surface area contributed by atoms with Crippen molar-refractivity contribution in [2.24, 2.45) is 5.92 Å². The maximum Gasteiger partial charge on any atom is 0.414 e. The van der Waals surface area contributed by atoms with Crippen molar-refractivity contribution in [3.63, 3.8) is 0 Å². The number of anilines is 1. The Labute approximate surface area is 195 Å². The lowest BCUT2D eigenvalue weighted by Crippen LogP contribution is -2.42. The molecule has 0 spiro atoms. The summed E-state index contributed by atoms with van der Waals surface area (Å²) in [5, 5.41) is 3.58. The third kappa shape index (κ3) is 4.01. The number of ether oxygens (including phenoxy) is 1. The molecule has 6 heteroatoms. The molecule has 5 rings (SSSR count). The SMILES string of the molecule is COC(=O)N1c2ccc3c(nc(Cc4ccccc4)n3[C@H](C)C3CCCNC3)c2CC[C@H]1C. The van der Waals surface area contributed by atoms with E-state index in [0.29, 0.717) is 12.0 Å². The molecule has 6 nitrogen and oxygen atoms in total. The zero-order valence-corrected chi connectivity index (χ0v) is 19.9. The van der Waals surface area contributed by atoms with E-state index >= 15 is 0 Å². The van der Waals surface area contributed by atoms with Gasteiger partial charge in [-0.2, -0.15) is 0 Å². The van der Waals surface area contributed by atoms with Crippen LogP contribution < -0.4 is 10.2 Å². The molecule has 2 aliphatic heterocycles. The molecule has 174 valence electrons. The number of piperidine rings is 1. The Morgan fingerprint density at radius 1 is 1.21 bits per heavy atom. The van der Waals surface area contributed by atoms with Crippen LogP contribution in [0.4, 0.5) is 10.5 Å². The summed E-state index contributed by atoms with van der Waals surface area (Å²) in [6.07, 6.45) is 4.78. The lowest BCUT2D eigenvalue weighted by Gasteiger charge is -2.34. The lowest BCUT2D eigenvalue weighted by molar-refractivity contribution is 0.175. The fraction of sp³-hybridized carbons (Fsp3) is 0.481. The van der Waals surface area contributed by atoms with E-state index < -0.39 is 0 Å². The second-order valence-corrected chi connectivity index (χ2v) is 9.57. The molecule has 0 saturated carbocycles.